The van der Waals surface area contributed by atoms with Gasteiger partial charge in [-0.2, -0.15) is 0 Å². The zero-order chi connectivity index (χ0) is 35.4. The smallest absolute Gasteiger partial charge is 0.0219 e. The molecule has 0 amide bonds. The van der Waals surface area contributed by atoms with E-state index >= 15 is 0 Å². The third-order valence-corrected chi connectivity index (χ3v) is 10.6. The maximum Gasteiger partial charge on any atom is -0.0219 e. The highest BCUT2D eigenvalue weighted by atomic mass is 14.3. The van der Waals surface area contributed by atoms with Gasteiger partial charge in [0.15, 0.2) is 0 Å². The highest BCUT2D eigenvalue weighted by Crippen LogP contribution is 2.32. The van der Waals surface area contributed by atoms with Gasteiger partial charge >= 0.3 is 0 Å². The minimum absolute atomic E-state index is 0.659. The molecule has 0 spiro atoms. The standard InChI is InChI=1S/C10H20.C9H18.C9H12.C7H14.C7H8.C6H6/c1-8(2)10-6-4-9(3)5-7-10;2*1-8(2)9-6-4-3-5-7-9;2*1-7-5-3-2-4-6-7;1-2-4-6-5-3-1/h8-10H,4-7H2,1-3H3;8-9H,3-7H2,1-2H3;3-8H,1-2H3;7H,2-6H2,1H3;2-6H,1H3;1-6H. The van der Waals surface area contributed by atoms with Gasteiger partial charge in [-0.15, -0.1) is 0 Å². The monoisotopic (exact) mass is 655 g/mol. The van der Waals surface area contributed by atoms with Gasteiger partial charge in [0.1, 0.15) is 0 Å². The van der Waals surface area contributed by atoms with Crippen LogP contribution < -0.4 is 0 Å². The van der Waals surface area contributed by atoms with Gasteiger partial charge in [0.25, 0.3) is 0 Å². The summed E-state index contributed by atoms with van der Waals surface area (Å²) >= 11 is 0. The maximum absolute atomic E-state index is 2.39. The van der Waals surface area contributed by atoms with Gasteiger partial charge in [-0.25, -0.2) is 0 Å². The molecule has 0 aromatic heterocycles. The van der Waals surface area contributed by atoms with Gasteiger partial charge in [0.05, 0.1) is 0 Å². The van der Waals surface area contributed by atoms with E-state index in [0.717, 1.165) is 35.5 Å². The molecule has 0 nitrogen and oxygen atoms in total. The van der Waals surface area contributed by atoms with Crippen molar-refractivity contribution in [2.45, 2.75) is 158 Å². The number of benzene rings is 3. The van der Waals surface area contributed by atoms with Crippen molar-refractivity contribution < 1.29 is 0 Å². The molecule has 0 radical (unpaired) electrons. The second-order valence-corrected chi connectivity index (χ2v) is 16.0. The lowest BCUT2D eigenvalue weighted by molar-refractivity contribution is 0.234. The molecule has 48 heavy (non-hydrogen) atoms. The molecule has 0 aliphatic heterocycles. The Balaban J connectivity index is 0.000000290. The highest BCUT2D eigenvalue weighted by Gasteiger charge is 2.20. The quantitative estimate of drug-likeness (QED) is 0.264. The first-order valence-corrected chi connectivity index (χ1v) is 20.2. The van der Waals surface area contributed by atoms with Crippen LogP contribution in [0.25, 0.3) is 0 Å². The Bertz CT molecular complexity index is 1000. The van der Waals surface area contributed by atoms with Gasteiger partial charge in [-0.1, -0.05) is 235 Å². The molecule has 3 aliphatic rings. The van der Waals surface area contributed by atoms with Crippen LogP contribution in [0.3, 0.4) is 0 Å². The van der Waals surface area contributed by atoms with Gasteiger partial charge < -0.3 is 0 Å². The fourth-order valence-electron chi connectivity index (χ4n) is 6.82. The Morgan fingerprint density at radius 2 is 0.729 bits per heavy atom. The Morgan fingerprint density at radius 1 is 0.396 bits per heavy atom. The largest absolute Gasteiger partial charge is 0.0625 e. The molecule has 0 saturated heterocycles. The van der Waals surface area contributed by atoms with Crippen LogP contribution in [0.4, 0.5) is 0 Å². The summed E-state index contributed by atoms with van der Waals surface area (Å²) in [7, 11) is 0. The number of rotatable bonds is 3. The zero-order valence-corrected chi connectivity index (χ0v) is 33.2. The van der Waals surface area contributed by atoms with Crippen LogP contribution in [0.1, 0.15) is 162 Å². The molecule has 3 aromatic rings. The predicted octanol–water partition coefficient (Wildman–Crippen LogP) is 15.8. The Morgan fingerprint density at radius 3 is 1.00 bits per heavy atom. The molecule has 0 N–H and O–H groups in total. The second-order valence-electron chi connectivity index (χ2n) is 16.0. The van der Waals surface area contributed by atoms with Crippen LogP contribution in [0.15, 0.2) is 97.1 Å². The van der Waals surface area contributed by atoms with E-state index in [1.165, 1.54) is 101 Å². The topological polar surface area (TPSA) is 0 Å². The van der Waals surface area contributed by atoms with Gasteiger partial charge in [0, 0.05) is 0 Å². The molecule has 3 saturated carbocycles. The van der Waals surface area contributed by atoms with Crippen LogP contribution in [0, 0.1) is 42.4 Å². The molecule has 6 rings (SSSR count). The first-order chi connectivity index (χ1) is 23.1. The Hall–Kier alpha value is -2.34. The summed E-state index contributed by atoms with van der Waals surface area (Å²) in [6.45, 7) is 20.7. The van der Waals surface area contributed by atoms with Gasteiger partial charge in [-0.3, -0.25) is 0 Å². The molecule has 0 heterocycles. The van der Waals surface area contributed by atoms with Gasteiger partial charge in [0.2, 0.25) is 0 Å². The van der Waals surface area contributed by atoms with Crippen molar-refractivity contribution in [3.8, 4) is 0 Å². The molecule has 3 aliphatic carbocycles. The summed E-state index contributed by atoms with van der Waals surface area (Å²) in [6.07, 6.45) is 20.8. The zero-order valence-electron chi connectivity index (χ0n) is 33.2. The molecule has 270 valence electrons. The summed E-state index contributed by atoms with van der Waals surface area (Å²) in [4.78, 5) is 0. The van der Waals surface area contributed by atoms with E-state index in [4.69, 9.17) is 0 Å². The van der Waals surface area contributed by atoms with Crippen molar-refractivity contribution in [2.24, 2.45) is 35.5 Å². The van der Waals surface area contributed by atoms with E-state index in [0.29, 0.717) is 5.92 Å². The van der Waals surface area contributed by atoms with Gasteiger partial charge in [-0.05, 0) is 66.8 Å². The lowest BCUT2D eigenvalue weighted by Gasteiger charge is -2.28. The molecule has 0 heteroatoms. The summed E-state index contributed by atoms with van der Waals surface area (Å²) in [5.41, 5.74) is 2.74. The summed E-state index contributed by atoms with van der Waals surface area (Å²) in [5.74, 6) is 6.66. The fourth-order valence-corrected chi connectivity index (χ4v) is 6.82. The van der Waals surface area contributed by atoms with E-state index in [-0.39, 0.29) is 0 Å². The molecule has 3 aromatic carbocycles. The van der Waals surface area contributed by atoms with E-state index in [1.54, 1.807) is 0 Å². The average molecular weight is 655 g/mol. The molecule has 0 atom stereocenters. The van der Waals surface area contributed by atoms with E-state index in [2.05, 4.69) is 98.7 Å². The molecular weight excluding hydrogens is 577 g/mol. The Kier molecular flexibility index (Phi) is 25.9. The lowest BCUT2D eigenvalue weighted by atomic mass is 9.78. The number of hydrogen-bond acceptors (Lipinski definition) is 0. The van der Waals surface area contributed by atoms with Crippen LogP contribution in [-0.4, -0.2) is 0 Å². The van der Waals surface area contributed by atoms with Crippen LogP contribution in [0.5, 0.6) is 0 Å². The third-order valence-electron chi connectivity index (χ3n) is 10.6. The van der Waals surface area contributed by atoms with Crippen molar-refractivity contribution in [1.82, 2.24) is 0 Å². The first-order valence-electron chi connectivity index (χ1n) is 20.2. The molecule has 0 unspecified atom stereocenters. The van der Waals surface area contributed by atoms with Crippen molar-refractivity contribution in [3.05, 3.63) is 108 Å². The molecule has 3 fully saturated rings. The van der Waals surface area contributed by atoms with E-state index < -0.39 is 0 Å². The van der Waals surface area contributed by atoms with Crippen molar-refractivity contribution >= 4 is 0 Å². The minimum atomic E-state index is 0.659. The first kappa shape index (κ1) is 43.7. The number of hydrogen-bond donors (Lipinski definition) is 0. The summed E-state index contributed by atoms with van der Waals surface area (Å²) < 4.78 is 0. The van der Waals surface area contributed by atoms with Crippen LogP contribution >= 0.6 is 0 Å². The SMILES string of the molecule is CC(C)C1CCCCC1.CC(C)c1ccccc1.CC1CCC(C(C)C)CC1.CC1CCCCC1.Cc1ccccc1.c1ccccc1. The van der Waals surface area contributed by atoms with Crippen molar-refractivity contribution in [3.63, 3.8) is 0 Å². The fraction of sp³-hybridized carbons (Fsp3) is 0.625. The Labute approximate surface area is 301 Å². The average Bonchev–Trinajstić information content (AvgIpc) is 3.12. The van der Waals surface area contributed by atoms with Crippen LogP contribution in [0.2, 0.25) is 0 Å². The highest BCUT2D eigenvalue weighted by molar-refractivity contribution is 5.17. The lowest BCUT2D eigenvalue weighted by Crippen LogP contribution is -2.16. The predicted molar refractivity (Wildman–Crippen MR) is 218 cm³/mol. The van der Waals surface area contributed by atoms with Crippen LogP contribution in [-0.2, 0) is 0 Å². The second kappa shape index (κ2) is 28.5. The minimum Gasteiger partial charge on any atom is -0.0625 e. The van der Waals surface area contributed by atoms with E-state index in [9.17, 15) is 0 Å². The van der Waals surface area contributed by atoms with E-state index in [1.807, 2.05) is 60.7 Å². The summed E-state index contributed by atoms with van der Waals surface area (Å²) in [5, 5.41) is 0. The summed E-state index contributed by atoms with van der Waals surface area (Å²) in [6, 6.07) is 32.8. The third kappa shape index (κ3) is 23.9. The molecular formula is C48H78. The normalized spacial score (nSPS) is 19.4. The van der Waals surface area contributed by atoms with Crippen molar-refractivity contribution in [2.75, 3.05) is 0 Å². The molecule has 0 bridgehead atoms. The van der Waals surface area contributed by atoms with Crippen molar-refractivity contribution in [1.29, 1.82) is 0 Å². The number of aryl methyl sites for hydroxylation is 1. The maximum atomic E-state index is 2.39.